The molecule has 2 fully saturated rings. The summed E-state index contributed by atoms with van der Waals surface area (Å²) in [5.74, 6) is 1.21. The van der Waals surface area contributed by atoms with Crippen LogP contribution in [-0.2, 0) is 9.53 Å². The number of amides is 2. The average Bonchev–Trinajstić information content (AvgIpc) is 3.21. The first-order valence-electron chi connectivity index (χ1n) is 8.24. The van der Waals surface area contributed by atoms with E-state index in [9.17, 15) is 9.59 Å². The second-order valence-electron chi connectivity index (χ2n) is 6.91. The van der Waals surface area contributed by atoms with Gasteiger partial charge in [-0.3, -0.25) is 9.59 Å². The molecule has 6 heteroatoms. The molecule has 0 bridgehead atoms. The first-order valence-corrected chi connectivity index (χ1v) is 9.18. The van der Waals surface area contributed by atoms with Gasteiger partial charge in [-0.05, 0) is 17.4 Å². The lowest BCUT2D eigenvalue weighted by molar-refractivity contribution is -0.131. The maximum atomic E-state index is 12.2. The van der Waals surface area contributed by atoms with Crippen LogP contribution in [0.15, 0.2) is 16.8 Å². The van der Waals surface area contributed by atoms with Crippen LogP contribution in [0.3, 0.4) is 0 Å². The second-order valence-corrected chi connectivity index (χ2v) is 7.69. The Hall–Kier alpha value is -1.40. The van der Waals surface area contributed by atoms with Crippen LogP contribution < -0.4 is 5.32 Å². The normalized spacial score (nSPS) is 26.6. The Morgan fingerprint density at radius 1 is 1.43 bits per heavy atom. The third-order valence-corrected chi connectivity index (χ3v) is 5.37. The van der Waals surface area contributed by atoms with Gasteiger partial charge in [0.2, 0.25) is 5.91 Å². The summed E-state index contributed by atoms with van der Waals surface area (Å²) >= 11 is 1.52. The number of fused-ring (bicyclic) bond motifs is 1. The molecule has 2 aliphatic heterocycles. The molecule has 2 saturated heterocycles. The number of nitrogens with zero attached hydrogens (tertiary/aromatic N) is 1. The number of hydrogen-bond acceptors (Lipinski definition) is 4. The molecule has 2 amide bonds. The van der Waals surface area contributed by atoms with Crippen LogP contribution in [0.25, 0.3) is 0 Å². The van der Waals surface area contributed by atoms with Crippen molar-refractivity contribution in [3.63, 3.8) is 0 Å². The van der Waals surface area contributed by atoms with Crippen molar-refractivity contribution in [1.82, 2.24) is 10.2 Å². The van der Waals surface area contributed by atoms with Crippen LogP contribution in [-0.4, -0.2) is 49.1 Å². The summed E-state index contributed by atoms with van der Waals surface area (Å²) in [6, 6.07) is 1.83. The van der Waals surface area contributed by atoms with E-state index in [1.807, 2.05) is 21.7 Å². The Labute approximate surface area is 141 Å². The minimum atomic E-state index is -0.0274. The van der Waals surface area contributed by atoms with Crippen molar-refractivity contribution in [2.45, 2.75) is 26.4 Å². The van der Waals surface area contributed by atoms with E-state index in [2.05, 4.69) is 19.2 Å². The molecule has 3 atom stereocenters. The number of carbonyl (C=O) groups excluding carboxylic acids is 2. The van der Waals surface area contributed by atoms with Gasteiger partial charge in [0.05, 0.1) is 12.7 Å². The summed E-state index contributed by atoms with van der Waals surface area (Å²) in [5, 5.41) is 6.75. The summed E-state index contributed by atoms with van der Waals surface area (Å²) in [5.41, 5.74) is 0.714. The molecule has 126 valence electrons. The Balaban J connectivity index is 1.51. The highest BCUT2D eigenvalue weighted by molar-refractivity contribution is 7.08. The summed E-state index contributed by atoms with van der Waals surface area (Å²) in [7, 11) is 0. The standard InChI is InChI=1S/C17H24N2O3S/c1-11(2)5-16(20)19-7-14-13(9-22-15(14)8-19)6-18-17(21)12-3-4-23-10-12/h3-4,10-11,13-15H,5-9H2,1-2H3,(H,18,21)/t13-,14+,15+/m0/s1. The molecule has 0 aliphatic carbocycles. The lowest BCUT2D eigenvalue weighted by Crippen LogP contribution is -2.35. The third-order valence-electron chi connectivity index (χ3n) is 4.68. The lowest BCUT2D eigenvalue weighted by Gasteiger charge is -2.21. The molecule has 3 heterocycles. The second kappa shape index (κ2) is 7.01. The highest BCUT2D eigenvalue weighted by Gasteiger charge is 2.45. The van der Waals surface area contributed by atoms with Crippen LogP contribution in [0.2, 0.25) is 0 Å². The zero-order chi connectivity index (χ0) is 16.4. The van der Waals surface area contributed by atoms with Crippen molar-refractivity contribution in [3.8, 4) is 0 Å². The van der Waals surface area contributed by atoms with Crippen LogP contribution in [0.1, 0.15) is 30.6 Å². The Kier molecular flexibility index (Phi) is 5.02. The predicted octanol–water partition coefficient (Wildman–Crippen LogP) is 2.00. The SMILES string of the molecule is CC(C)CC(=O)N1C[C@@H]2[C@@H](CNC(=O)c3ccsc3)CO[C@@H]2C1. The van der Waals surface area contributed by atoms with E-state index in [-0.39, 0.29) is 17.9 Å². The maximum absolute atomic E-state index is 12.2. The molecule has 5 nitrogen and oxygen atoms in total. The predicted molar refractivity (Wildman–Crippen MR) is 89.4 cm³/mol. The van der Waals surface area contributed by atoms with E-state index < -0.39 is 0 Å². The molecule has 1 aromatic rings. The van der Waals surface area contributed by atoms with Crippen LogP contribution in [0.5, 0.6) is 0 Å². The number of likely N-dealkylation sites (tertiary alicyclic amines) is 1. The molecule has 0 radical (unpaired) electrons. The molecule has 1 N–H and O–H groups in total. The average molecular weight is 336 g/mol. The van der Waals surface area contributed by atoms with Gasteiger partial charge in [0, 0.05) is 48.8 Å². The van der Waals surface area contributed by atoms with Gasteiger partial charge < -0.3 is 15.0 Å². The quantitative estimate of drug-likeness (QED) is 0.895. The third kappa shape index (κ3) is 3.75. The molecule has 0 unspecified atom stereocenters. The largest absolute Gasteiger partial charge is 0.376 e. The molecule has 0 spiro atoms. The minimum Gasteiger partial charge on any atom is -0.376 e. The van der Waals surface area contributed by atoms with Gasteiger partial charge in [0.1, 0.15) is 0 Å². The van der Waals surface area contributed by atoms with Crippen LogP contribution >= 0.6 is 11.3 Å². The van der Waals surface area contributed by atoms with Gasteiger partial charge in [-0.1, -0.05) is 13.8 Å². The molecule has 1 aromatic heterocycles. The number of ether oxygens (including phenoxy) is 1. The summed E-state index contributed by atoms with van der Waals surface area (Å²) in [4.78, 5) is 26.2. The number of rotatable bonds is 5. The van der Waals surface area contributed by atoms with Crippen LogP contribution in [0, 0.1) is 17.8 Å². The van der Waals surface area contributed by atoms with Crippen molar-refractivity contribution in [1.29, 1.82) is 0 Å². The maximum Gasteiger partial charge on any atom is 0.252 e. The lowest BCUT2D eigenvalue weighted by atomic mass is 9.93. The smallest absolute Gasteiger partial charge is 0.252 e. The molecule has 0 aromatic carbocycles. The summed E-state index contributed by atoms with van der Waals surface area (Å²) in [6.07, 6.45) is 0.730. The van der Waals surface area contributed by atoms with E-state index in [0.717, 1.165) is 6.54 Å². The molecular weight excluding hydrogens is 312 g/mol. The number of carbonyl (C=O) groups is 2. The van der Waals surface area contributed by atoms with Gasteiger partial charge in [-0.2, -0.15) is 11.3 Å². The zero-order valence-electron chi connectivity index (χ0n) is 13.7. The van der Waals surface area contributed by atoms with Crippen molar-refractivity contribution in [2.75, 3.05) is 26.2 Å². The molecule has 23 heavy (non-hydrogen) atoms. The van der Waals surface area contributed by atoms with E-state index >= 15 is 0 Å². The van der Waals surface area contributed by atoms with Crippen molar-refractivity contribution >= 4 is 23.2 Å². The van der Waals surface area contributed by atoms with E-state index in [1.54, 1.807) is 0 Å². The molecular formula is C17H24N2O3S. The van der Waals surface area contributed by atoms with Crippen LogP contribution in [0.4, 0.5) is 0 Å². The highest BCUT2D eigenvalue weighted by atomic mass is 32.1. The fourth-order valence-electron chi connectivity index (χ4n) is 3.41. The van der Waals surface area contributed by atoms with Crippen molar-refractivity contribution in [3.05, 3.63) is 22.4 Å². The van der Waals surface area contributed by atoms with E-state index in [0.29, 0.717) is 49.4 Å². The van der Waals surface area contributed by atoms with Gasteiger partial charge in [0.15, 0.2) is 0 Å². The monoisotopic (exact) mass is 336 g/mol. The Bertz CT molecular complexity index is 558. The van der Waals surface area contributed by atoms with Gasteiger partial charge >= 0.3 is 0 Å². The molecule has 2 aliphatic rings. The molecule has 0 saturated carbocycles. The van der Waals surface area contributed by atoms with Gasteiger partial charge in [-0.25, -0.2) is 0 Å². The van der Waals surface area contributed by atoms with Gasteiger partial charge in [-0.15, -0.1) is 0 Å². The topological polar surface area (TPSA) is 58.6 Å². The van der Waals surface area contributed by atoms with E-state index in [1.165, 1.54) is 11.3 Å². The minimum absolute atomic E-state index is 0.0274. The summed E-state index contributed by atoms with van der Waals surface area (Å²) < 4.78 is 5.85. The Morgan fingerprint density at radius 2 is 2.26 bits per heavy atom. The number of hydrogen-bond donors (Lipinski definition) is 1. The first-order chi connectivity index (χ1) is 11.0. The first kappa shape index (κ1) is 16.5. The number of nitrogens with one attached hydrogen (secondary N) is 1. The van der Waals surface area contributed by atoms with Crippen molar-refractivity contribution < 1.29 is 14.3 Å². The fourth-order valence-corrected chi connectivity index (χ4v) is 4.05. The summed E-state index contributed by atoms with van der Waals surface area (Å²) in [6.45, 7) is 6.87. The highest BCUT2D eigenvalue weighted by Crippen LogP contribution is 2.33. The van der Waals surface area contributed by atoms with Crippen molar-refractivity contribution in [2.24, 2.45) is 17.8 Å². The zero-order valence-corrected chi connectivity index (χ0v) is 14.5. The number of thiophene rings is 1. The Morgan fingerprint density at radius 3 is 2.96 bits per heavy atom. The fraction of sp³-hybridized carbons (Fsp3) is 0.647. The van der Waals surface area contributed by atoms with E-state index in [4.69, 9.17) is 4.74 Å². The molecule has 3 rings (SSSR count). The van der Waals surface area contributed by atoms with Gasteiger partial charge in [0.25, 0.3) is 5.91 Å².